The van der Waals surface area contributed by atoms with Crippen molar-refractivity contribution in [1.82, 2.24) is 10.3 Å². The number of hydrogen-bond donors (Lipinski definition) is 1. The molecular weight excluding hydrogens is 476 g/mol. The van der Waals surface area contributed by atoms with Crippen molar-refractivity contribution >= 4 is 28.7 Å². The number of pyridine rings is 1. The second kappa shape index (κ2) is 9.79. The molecule has 0 bridgehead atoms. The lowest BCUT2D eigenvalue weighted by Crippen LogP contribution is -2.29. The summed E-state index contributed by atoms with van der Waals surface area (Å²) in [6, 6.07) is 21.7. The van der Waals surface area contributed by atoms with Crippen molar-refractivity contribution in [2.45, 2.75) is 25.4 Å². The number of hydrogen-bond acceptors (Lipinski definition) is 6. The minimum atomic E-state index is -0.454. The second-order valence-electron chi connectivity index (χ2n) is 8.36. The molecule has 36 heavy (non-hydrogen) atoms. The highest BCUT2D eigenvalue weighted by Gasteiger charge is 2.42. The maximum Gasteiger partial charge on any atom is 0.273 e. The van der Waals surface area contributed by atoms with Crippen LogP contribution in [0.5, 0.6) is 5.75 Å². The number of nitro groups is 1. The number of ether oxygens (including phenoxy) is 1. The Labute approximate surface area is 213 Å². The van der Waals surface area contributed by atoms with Gasteiger partial charge in [0.2, 0.25) is 0 Å². The number of non-ortho nitro benzene ring substituents is 1. The van der Waals surface area contributed by atoms with E-state index in [9.17, 15) is 10.1 Å². The molecule has 5 rings (SSSR count). The van der Waals surface area contributed by atoms with Gasteiger partial charge >= 0.3 is 0 Å². The first kappa shape index (κ1) is 23.5. The monoisotopic (exact) mass is 500 g/mol. The molecule has 0 aliphatic carbocycles. The number of thiocarbonyl (C=S) groups is 1. The molecule has 1 aliphatic heterocycles. The van der Waals surface area contributed by atoms with Crippen LogP contribution in [-0.2, 0) is 6.42 Å². The fourth-order valence-corrected chi connectivity index (χ4v) is 4.81. The van der Waals surface area contributed by atoms with E-state index in [1.165, 1.54) is 24.8 Å². The third kappa shape index (κ3) is 4.29. The summed E-state index contributed by atoms with van der Waals surface area (Å²) in [6.45, 7) is 2.12. The number of anilines is 1. The van der Waals surface area contributed by atoms with Gasteiger partial charge in [0.15, 0.2) is 5.11 Å². The van der Waals surface area contributed by atoms with Gasteiger partial charge in [0.05, 0.1) is 35.4 Å². The van der Waals surface area contributed by atoms with Gasteiger partial charge < -0.3 is 19.4 Å². The van der Waals surface area contributed by atoms with Gasteiger partial charge in [-0.3, -0.25) is 15.1 Å². The third-order valence-electron chi connectivity index (χ3n) is 6.30. The third-order valence-corrected chi connectivity index (χ3v) is 6.62. The number of nitrogens with one attached hydrogen (secondary N) is 1. The maximum absolute atomic E-state index is 11.2. The molecule has 0 amide bonds. The second-order valence-corrected chi connectivity index (χ2v) is 8.75. The molecule has 2 atom stereocenters. The lowest BCUT2D eigenvalue weighted by molar-refractivity contribution is -0.384. The van der Waals surface area contributed by atoms with Crippen molar-refractivity contribution in [2.75, 3.05) is 12.0 Å². The van der Waals surface area contributed by atoms with E-state index in [2.05, 4.69) is 41.5 Å². The lowest BCUT2D eigenvalue weighted by Gasteiger charge is -2.26. The fraction of sp³-hybridized carbons (Fsp3) is 0.185. The summed E-state index contributed by atoms with van der Waals surface area (Å²) in [7, 11) is 1.48. The first-order valence-corrected chi connectivity index (χ1v) is 11.9. The average Bonchev–Trinajstić information content (AvgIpc) is 3.53. The van der Waals surface area contributed by atoms with Gasteiger partial charge in [-0.1, -0.05) is 25.1 Å². The van der Waals surface area contributed by atoms with Gasteiger partial charge in [0.25, 0.3) is 5.69 Å². The smallest absolute Gasteiger partial charge is 0.273 e. The minimum absolute atomic E-state index is 0.0513. The molecule has 4 aromatic rings. The molecular formula is C27H24N4O4S. The van der Waals surface area contributed by atoms with Gasteiger partial charge in [-0.15, -0.1) is 0 Å². The molecule has 0 radical (unpaired) electrons. The van der Waals surface area contributed by atoms with Crippen molar-refractivity contribution in [3.63, 3.8) is 0 Å². The Morgan fingerprint density at radius 1 is 1.14 bits per heavy atom. The number of aromatic nitrogens is 1. The summed E-state index contributed by atoms with van der Waals surface area (Å²) in [5.74, 6) is 1.57. The van der Waals surface area contributed by atoms with E-state index >= 15 is 0 Å². The zero-order valence-electron chi connectivity index (χ0n) is 19.8. The van der Waals surface area contributed by atoms with E-state index in [0.29, 0.717) is 27.9 Å². The first-order chi connectivity index (χ1) is 17.5. The van der Waals surface area contributed by atoms with Crippen LogP contribution in [0.25, 0.3) is 11.3 Å². The standard InChI is InChI=1S/C27H24N4O4S/c1-3-17-7-9-18(10-8-17)30-26(25(29-27(30)36)21-6-4-5-15-28-21)23-14-13-22(35-23)20-12-11-19(31(32)33)16-24(20)34-2/h4-16,25-26H,3H2,1-2H3,(H,29,36)/t25-,26-/m0/s1. The Kier molecular flexibility index (Phi) is 6.39. The summed E-state index contributed by atoms with van der Waals surface area (Å²) in [5.41, 5.74) is 3.59. The van der Waals surface area contributed by atoms with E-state index in [4.69, 9.17) is 21.4 Å². The Morgan fingerprint density at radius 2 is 1.94 bits per heavy atom. The summed E-state index contributed by atoms with van der Waals surface area (Å²) in [5, 5.41) is 15.2. The SMILES string of the molecule is CCc1ccc(N2C(=S)N[C@@H](c3ccccn3)[C@@H]2c2ccc(-c3ccc([N+](=O)[O-])cc3OC)o2)cc1. The average molecular weight is 501 g/mol. The van der Waals surface area contributed by atoms with Gasteiger partial charge in [0.1, 0.15) is 23.3 Å². The number of nitrogens with zero attached hydrogens (tertiary/aromatic N) is 3. The normalized spacial score (nSPS) is 17.2. The summed E-state index contributed by atoms with van der Waals surface area (Å²) < 4.78 is 11.8. The van der Waals surface area contributed by atoms with Crippen LogP contribution in [0, 0.1) is 10.1 Å². The molecule has 1 N–H and O–H groups in total. The van der Waals surface area contributed by atoms with Crippen LogP contribution in [0.15, 0.2) is 83.4 Å². The van der Waals surface area contributed by atoms with Crippen molar-refractivity contribution in [1.29, 1.82) is 0 Å². The first-order valence-electron chi connectivity index (χ1n) is 11.5. The number of nitro benzene ring substituents is 1. The van der Waals surface area contributed by atoms with Crippen LogP contribution in [0.3, 0.4) is 0 Å². The quantitative estimate of drug-likeness (QED) is 0.188. The van der Waals surface area contributed by atoms with Crippen LogP contribution < -0.4 is 15.0 Å². The van der Waals surface area contributed by atoms with E-state index in [-0.39, 0.29) is 17.8 Å². The Balaban J connectivity index is 1.58. The Bertz CT molecular complexity index is 1410. The van der Waals surface area contributed by atoms with Gasteiger partial charge in [-0.25, -0.2) is 0 Å². The molecule has 0 saturated carbocycles. The zero-order chi connectivity index (χ0) is 25.2. The Morgan fingerprint density at radius 3 is 2.61 bits per heavy atom. The number of aryl methyl sites for hydroxylation is 1. The molecule has 182 valence electrons. The van der Waals surface area contributed by atoms with Gasteiger partial charge in [0, 0.05) is 18.0 Å². The predicted molar refractivity (Wildman–Crippen MR) is 141 cm³/mol. The van der Waals surface area contributed by atoms with Crippen molar-refractivity contribution in [3.8, 4) is 17.1 Å². The molecule has 0 unspecified atom stereocenters. The predicted octanol–water partition coefficient (Wildman–Crippen LogP) is 6.00. The zero-order valence-corrected chi connectivity index (χ0v) is 20.6. The molecule has 2 aromatic heterocycles. The molecule has 0 spiro atoms. The highest BCUT2D eigenvalue weighted by Crippen LogP contribution is 2.44. The molecule has 2 aromatic carbocycles. The number of methoxy groups -OCH3 is 1. The van der Waals surface area contributed by atoms with Crippen molar-refractivity contribution < 1.29 is 14.1 Å². The molecule has 3 heterocycles. The molecule has 1 saturated heterocycles. The molecule has 1 aliphatic rings. The largest absolute Gasteiger partial charge is 0.496 e. The summed E-state index contributed by atoms with van der Waals surface area (Å²) >= 11 is 5.78. The summed E-state index contributed by atoms with van der Waals surface area (Å²) in [6.07, 6.45) is 2.70. The summed E-state index contributed by atoms with van der Waals surface area (Å²) in [4.78, 5) is 17.4. The van der Waals surface area contributed by atoms with Crippen LogP contribution in [0.1, 0.15) is 36.0 Å². The fourth-order valence-electron chi connectivity index (χ4n) is 4.47. The topological polar surface area (TPSA) is 93.7 Å². The van der Waals surface area contributed by atoms with Crippen LogP contribution in [0.2, 0.25) is 0 Å². The maximum atomic E-state index is 11.2. The van der Waals surface area contributed by atoms with Gasteiger partial charge in [-0.2, -0.15) is 0 Å². The highest BCUT2D eigenvalue weighted by atomic mass is 32.1. The molecule has 1 fully saturated rings. The van der Waals surface area contributed by atoms with Gasteiger partial charge in [-0.05, 0) is 66.7 Å². The van der Waals surface area contributed by atoms with E-state index < -0.39 is 4.92 Å². The van der Waals surface area contributed by atoms with Crippen LogP contribution in [0.4, 0.5) is 11.4 Å². The lowest BCUT2D eigenvalue weighted by atomic mass is 10.0. The number of furan rings is 1. The van der Waals surface area contributed by atoms with Crippen molar-refractivity contribution in [2.24, 2.45) is 0 Å². The number of rotatable bonds is 7. The minimum Gasteiger partial charge on any atom is -0.496 e. The van der Waals surface area contributed by atoms with Crippen LogP contribution in [-0.4, -0.2) is 22.1 Å². The van der Waals surface area contributed by atoms with E-state index in [0.717, 1.165) is 17.8 Å². The van der Waals surface area contributed by atoms with Crippen molar-refractivity contribution in [3.05, 3.63) is 106 Å². The Hall–Kier alpha value is -4.24. The van der Waals surface area contributed by atoms with Crippen LogP contribution >= 0.6 is 12.2 Å². The highest BCUT2D eigenvalue weighted by molar-refractivity contribution is 7.80. The van der Waals surface area contributed by atoms with E-state index in [1.54, 1.807) is 12.3 Å². The molecule has 8 nitrogen and oxygen atoms in total. The van der Waals surface area contributed by atoms with E-state index in [1.807, 2.05) is 35.2 Å². The molecule has 9 heteroatoms. The number of benzene rings is 2.